The molecule has 0 radical (unpaired) electrons. The van der Waals surface area contributed by atoms with E-state index in [9.17, 15) is 0 Å². The summed E-state index contributed by atoms with van der Waals surface area (Å²) in [5.74, 6) is 5.60. The van der Waals surface area contributed by atoms with Crippen molar-refractivity contribution in [3.05, 3.63) is 52.0 Å². The molecular formula is C11H13N3S. The normalized spacial score (nSPS) is 12.7. The van der Waals surface area contributed by atoms with Crippen molar-refractivity contribution in [3.8, 4) is 0 Å². The number of aryl methyl sites for hydroxylation is 1. The second-order valence-electron chi connectivity index (χ2n) is 3.31. The van der Waals surface area contributed by atoms with Gasteiger partial charge in [-0.2, -0.15) is 0 Å². The molecule has 3 nitrogen and oxygen atoms in total. The van der Waals surface area contributed by atoms with Crippen LogP contribution >= 0.6 is 11.3 Å². The minimum Gasteiger partial charge on any atom is -0.271 e. The van der Waals surface area contributed by atoms with Gasteiger partial charge in [0.15, 0.2) is 0 Å². The van der Waals surface area contributed by atoms with Crippen molar-refractivity contribution >= 4 is 11.3 Å². The quantitative estimate of drug-likeness (QED) is 0.613. The van der Waals surface area contributed by atoms with Gasteiger partial charge in [-0.25, -0.2) is 5.43 Å². The van der Waals surface area contributed by atoms with Crippen LogP contribution in [0.15, 0.2) is 36.0 Å². The fourth-order valence-corrected chi connectivity index (χ4v) is 2.36. The van der Waals surface area contributed by atoms with Crippen LogP contribution in [0.2, 0.25) is 0 Å². The molecule has 2 heterocycles. The molecule has 0 fully saturated rings. The fourth-order valence-electron chi connectivity index (χ4n) is 1.62. The summed E-state index contributed by atoms with van der Waals surface area (Å²) in [6, 6.07) is 6.10. The SMILES string of the molecule is Cc1sccc1C(NN)c1ccncc1. The highest BCUT2D eigenvalue weighted by molar-refractivity contribution is 7.10. The summed E-state index contributed by atoms with van der Waals surface area (Å²) in [5, 5.41) is 2.08. The zero-order valence-electron chi connectivity index (χ0n) is 8.47. The van der Waals surface area contributed by atoms with Gasteiger partial charge in [0.1, 0.15) is 0 Å². The van der Waals surface area contributed by atoms with E-state index in [1.807, 2.05) is 12.1 Å². The molecule has 3 N–H and O–H groups in total. The molecular weight excluding hydrogens is 206 g/mol. The Kier molecular flexibility index (Phi) is 3.11. The van der Waals surface area contributed by atoms with Crippen LogP contribution in [0.5, 0.6) is 0 Å². The summed E-state index contributed by atoms with van der Waals surface area (Å²) in [7, 11) is 0. The molecule has 0 aromatic carbocycles. The second kappa shape index (κ2) is 4.53. The third-order valence-electron chi connectivity index (χ3n) is 2.42. The lowest BCUT2D eigenvalue weighted by atomic mass is 10.0. The van der Waals surface area contributed by atoms with Crippen molar-refractivity contribution < 1.29 is 0 Å². The molecule has 0 aliphatic heterocycles. The van der Waals surface area contributed by atoms with Gasteiger partial charge in [-0.05, 0) is 41.6 Å². The molecule has 0 saturated carbocycles. The molecule has 78 valence electrons. The number of thiophene rings is 1. The Morgan fingerprint density at radius 1 is 1.33 bits per heavy atom. The third kappa shape index (κ3) is 2.07. The van der Waals surface area contributed by atoms with E-state index in [0.717, 1.165) is 5.56 Å². The third-order valence-corrected chi connectivity index (χ3v) is 3.28. The lowest BCUT2D eigenvalue weighted by Gasteiger charge is -2.15. The first-order valence-electron chi connectivity index (χ1n) is 4.73. The van der Waals surface area contributed by atoms with Gasteiger partial charge in [0, 0.05) is 17.3 Å². The minimum atomic E-state index is 0.0549. The zero-order chi connectivity index (χ0) is 10.7. The first-order chi connectivity index (χ1) is 7.33. The Labute approximate surface area is 92.9 Å². The standard InChI is InChI=1S/C11H13N3S/c1-8-10(4-7-15-8)11(14-12)9-2-5-13-6-3-9/h2-7,11,14H,12H2,1H3. The van der Waals surface area contributed by atoms with Gasteiger partial charge in [-0.15, -0.1) is 11.3 Å². The van der Waals surface area contributed by atoms with Gasteiger partial charge in [-0.3, -0.25) is 10.8 Å². The summed E-state index contributed by atoms with van der Waals surface area (Å²) < 4.78 is 0. The van der Waals surface area contributed by atoms with Crippen LogP contribution in [0.3, 0.4) is 0 Å². The van der Waals surface area contributed by atoms with Crippen LogP contribution in [-0.2, 0) is 0 Å². The van der Waals surface area contributed by atoms with Crippen molar-refractivity contribution in [2.24, 2.45) is 5.84 Å². The van der Waals surface area contributed by atoms with Crippen molar-refractivity contribution in [1.29, 1.82) is 0 Å². The number of nitrogens with one attached hydrogen (secondary N) is 1. The van der Waals surface area contributed by atoms with Gasteiger partial charge in [0.2, 0.25) is 0 Å². The molecule has 1 atom stereocenters. The molecule has 0 spiro atoms. The molecule has 2 aromatic rings. The summed E-state index contributed by atoms with van der Waals surface area (Å²) in [4.78, 5) is 5.29. The number of hydrogen-bond acceptors (Lipinski definition) is 4. The average Bonchev–Trinajstić information content (AvgIpc) is 2.68. The van der Waals surface area contributed by atoms with Gasteiger partial charge < -0.3 is 0 Å². The molecule has 0 aliphatic rings. The van der Waals surface area contributed by atoms with E-state index in [0.29, 0.717) is 0 Å². The van der Waals surface area contributed by atoms with Crippen LogP contribution in [0.25, 0.3) is 0 Å². The topological polar surface area (TPSA) is 50.9 Å². The first kappa shape index (κ1) is 10.3. The molecule has 0 bridgehead atoms. The second-order valence-corrected chi connectivity index (χ2v) is 4.43. The molecule has 0 saturated heterocycles. The van der Waals surface area contributed by atoms with Crippen LogP contribution < -0.4 is 11.3 Å². The molecule has 15 heavy (non-hydrogen) atoms. The van der Waals surface area contributed by atoms with Gasteiger partial charge in [0.25, 0.3) is 0 Å². The minimum absolute atomic E-state index is 0.0549. The maximum absolute atomic E-state index is 5.60. The first-order valence-corrected chi connectivity index (χ1v) is 5.61. The van der Waals surface area contributed by atoms with E-state index in [1.54, 1.807) is 23.7 Å². The Hall–Kier alpha value is -1.23. The van der Waals surface area contributed by atoms with Crippen LogP contribution in [0, 0.1) is 6.92 Å². The van der Waals surface area contributed by atoms with E-state index in [4.69, 9.17) is 5.84 Å². The van der Waals surface area contributed by atoms with E-state index in [-0.39, 0.29) is 6.04 Å². The van der Waals surface area contributed by atoms with E-state index >= 15 is 0 Å². The molecule has 2 aromatic heterocycles. The highest BCUT2D eigenvalue weighted by Gasteiger charge is 2.14. The van der Waals surface area contributed by atoms with E-state index < -0.39 is 0 Å². The van der Waals surface area contributed by atoms with Gasteiger partial charge >= 0.3 is 0 Å². The van der Waals surface area contributed by atoms with Crippen LogP contribution in [0.1, 0.15) is 22.0 Å². The Bertz CT molecular complexity index is 424. The predicted octanol–water partition coefficient (Wildman–Crippen LogP) is 2.00. The summed E-state index contributed by atoms with van der Waals surface area (Å²) >= 11 is 1.73. The number of nitrogens with zero attached hydrogens (tertiary/aromatic N) is 1. The molecule has 0 aliphatic carbocycles. The maximum Gasteiger partial charge on any atom is 0.0721 e. The van der Waals surface area contributed by atoms with Gasteiger partial charge in [0.05, 0.1) is 6.04 Å². The smallest absolute Gasteiger partial charge is 0.0721 e. The molecule has 4 heteroatoms. The number of hydrazine groups is 1. The van der Waals surface area contributed by atoms with Crippen LogP contribution in [-0.4, -0.2) is 4.98 Å². The van der Waals surface area contributed by atoms with E-state index in [2.05, 4.69) is 28.8 Å². The Morgan fingerprint density at radius 2 is 2.07 bits per heavy atom. The number of hydrogen-bond donors (Lipinski definition) is 2. The summed E-state index contributed by atoms with van der Waals surface area (Å²) in [6.45, 7) is 2.10. The number of aromatic nitrogens is 1. The monoisotopic (exact) mass is 219 g/mol. The number of rotatable bonds is 3. The average molecular weight is 219 g/mol. The largest absolute Gasteiger partial charge is 0.271 e. The lowest BCUT2D eigenvalue weighted by molar-refractivity contribution is 0.635. The van der Waals surface area contributed by atoms with E-state index in [1.165, 1.54) is 10.4 Å². The Balaban J connectivity index is 2.37. The number of nitrogens with two attached hydrogens (primary N) is 1. The summed E-state index contributed by atoms with van der Waals surface area (Å²) in [5.41, 5.74) is 5.20. The Morgan fingerprint density at radius 3 is 2.60 bits per heavy atom. The number of pyridine rings is 1. The van der Waals surface area contributed by atoms with Crippen molar-refractivity contribution in [2.45, 2.75) is 13.0 Å². The predicted molar refractivity (Wildman–Crippen MR) is 62.5 cm³/mol. The molecule has 0 amide bonds. The van der Waals surface area contributed by atoms with Crippen molar-refractivity contribution in [1.82, 2.24) is 10.4 Å². The van der Waals surface area contributed by atoms with Crippen LogP contribution in [0.4, 0.5) is 0 Å². The highest BCUT2D eigenvalue weighted by atomic mass is 32.1. The van der Waals surface area contributed by atoms with Crippen molar-refractivity contribution in [3.63, 3.8) is 0 Å². The lowest BCUT2D eigenvalue weighted by Crippen LogP contribution is -2.28. The summed E-state index contributed by atoms with van der Waals surface area (Å²) in [6.07, 6.45) is 3.56. The molecule has 1 unspecified atom stereocenters. The fraction of sp³-hybridized carbons (Fsp3) is 0.182. The van der Waals surface area contributed by atoms with Crippen molar-refractivity contribution in [2.75, 3.05) is 0 Å². The maximum atomic E-state index is 5.60. The molecule has 2 rings (SSSR count). The zero-order valence-corrected chi connectivity index (χ0v) is 9.29. The van der Waals surface area contributed by atoms with Gasteiger partial charge in [-0.1, -0.05) is 0 Å². The highest BCUT2D eigenvalue weighted by Crippen LogP contribution is 2.26.